The molecule has 1 fully saturated rings. The quantitative estimate of drug-likeness (QED) is 0.637. The minimum Gasteiger partial charge on any atom is -0.493 e. The van der Waals surface area contributed by atoms with E-state index in [1.165, 1.54) is 4.90 Å². The Labute approximate surface area is 180 Å². The summed E-state index contributed by atoms with van der Waals surface area (Å²) in [6, 6.07) is 12.6. The van der Waals surface area contributed by atoms with Crippen molar-refractivity contribution in [2.45, 2.75) is 31.8 Å². The molecule has 1 saturated heterocycles. The third kappa shape index (κ3) is 2.80. The van der Waals surface area contributed by atoms with Crippen molar-refractivity contribution in [3.63, 3.8) is 0 Å². The Balaban J connectivity index is 1.72. The van der Waals surface area contributed by atoms with Crippen LogP contribution in [-0.2, 0) is 11.2 Å². The zero-order valence-corrected chi connectivity index (χ0v) is 17.8. The minimum atomic E-state index is -0.510. The van der Waals surface area contributed by atoms with E-state index in [1.54, 1.807) is 19.1 Å². The van der Waals surface area contributed by atoms with E-state index in [1.807, 2.05) is 43.3 Å². The van der Waals surface area contributed by atoms with Gasteiger partial charge in [0.05, 0.1) is 14.2 Å². The molecule has 0 radical (unpaired) electrons. The summed E-state index contributed by atoms with van der Waals surface area (Å²) in [4.78, 5) is 33.3. The lowest BCUT2D eigenvalue weighted by atomic mass is 9.88. The van der Waals surface area contributed by atoms with Crippen molar-refractivity contribution < 1.29 is 19.1 Å². The average molecular weight is 419 g/mol. The molecule has 0 spiro atoms. The molecule has 1 aromatic heterocycles. The van der Waals surface area contributed by atoms with E-state index in [0.717, 1.165) is 34.1 Å². The number of imide groups is 1. The highest BCUT2D eigenvalue weighted by Gasteiger charge is 2.52. The Morgan fingerprint density at radius 2 is 1.84 bits per heavy atom. The van der Waals surface area contributed by atoms with E-state index in [9.17, 15) is 9.59 Å². The molecule has 1 N–H and O–H groups in total. The number of nitrogens with one attached hydrogen (secondary N) is 1. The van der Waals surface area contributed by atoms with Crippen molar-refractivity contribution >= 4 is 22.8 Å². The highest BCUT2D eigenvalue weighted by atomic mass is 16.5. The Morgan fingerprint density at radius 3 is 2.58 bits per heavy atom. The fourth-order valence-electron chi connectivity index (χ4n) is 4.93. The number of methoxy groups -OCH3 is 2. The van der Waals surface area contributed by atoms with Gasteiger partial charge in [0, 0.05) is 29.6 Å². The first-order valence-corrected chi connectivity index (χ1v) is 10.5. The fraction of sp³-hybridized carbons (Fsp3) is 0.333. The molecule has 31 heavy (non-hydrogen) atoms. The van der Waals surface area contributed by atoms with Gasteiger partial charge >= 0.3 is 6.03 Å². The van der Waals surface area contributed by atoms with Gasteiger partial charge in [-0.15, -0.1) is 0 Å². The molecule has 0 bridgehead atoms. The van der Waals surface area contributed by atoms with Gasteiger partial charge in [0.1, 0.15) is 12.1 Å². The van der Waals surface area contributed by atoms with Gasteiger partial charge in [0.25, 0.3) is 5.91 Å². The zero-order chi connectivity index (χ0) is 21.7. The summed E-state index contributed by atoms with van der Waals surface area (Å²) in [6.07, 6.45) is 1.24. The van der Waals surface area contributed by atoms with Crippen LogP contribution in [0.1, 0.15) is 36.2 Å². The molecule has 0 saturated carbocycles. The van der Waals surface area contributed by atoms with Crippen molar-refractivity contribution in [2.24, 2.45) is 0 Å². The summed E-state index contributed by atoms with van der Waals surface area (Å²) in [5.41, 5.74) is 3.92. The number of hydrogen-bond donors (Lipinski definition) is 1. The standard InChI is InChI=1S/C24H25N3O4/c1-4-11-26-23(28)18-13-16-15-7-5-6-8-17(15)25-21(16)22(27(18)24(26)29)14-9-10-19(30-2)20(12-14)31-3/h5-10,12,18,22,25H,4,11,13H2,1-3H3/t18-,22+/m0/s1. The number of H-pyrrole nitrogens is 1. The Kier molecular flexibility index (Phi) is 4.61. The van der Waals surface area contributed by atoms with Crippen LogP contribution in [-0.4, -0.2) is 53.5 Å². The molecule has 3 amide bonds. The predicted octanol–water partition coefficient (Wildman–Crippen LogP) is 3.87. The third-order valence-electron chi connectivity index (χ3n) is 6.30. The summed E-state index contributed by atoms with van der Waals surface area (Å²) in [5.74, 6) is 1.09. The number of fused-ring (bicyclic) bond motifs is 4. The van der Waals surface area contributed by atoms with Crippen LogP contribution in [0.2, 0.25) is 0 Å². The van der Waals surface area contributed by atoms with Gasteiger partial charge in [-0.2, -0.15) is 0 Å². The van der Waals surface area contributed by atoms with Crippen LogP contribution in [0.3, 0.4) is 0 Å². The summed E-state index contributed by atoms with van der Waals surface area (Å²) < 4.78 is 10.9. The van der Waals surface area contributed by atoms with Crippen LogP contribution in [0.4, 0.5) is 4.79 Å². The lowest BCUT2D eigenvalue weighted by molar-refractivity contribution is -0.128. The van der Waals surface area contributed by atoms with E-state index >= 15 is 0 Å². The number of ether oxygens (including phenoxy) is 2. The van der Waals surface area contributed by atoms with Gasteiger partial charge in [-0.1, -0.05) is 31.2 Å². The van der Waals surface area contributed by atoms with E-state index in [2.05, 4.69) is 11.1 Å². The normalized spacial score (nSPS) is 20.2. The third-order valence-corrected chi connectivity index (χ3v) is 6.30. The van der Waals surface area contributed by atoms with Gasteiger partial charge in [0.15, 0.2) is 11.5 Å². The summed E-state index contributed by atoms with van der Waals surface area (Å²) in [6.45, 7) is 2.40. The number of urea groups is 1. The van der Waals surface area contributed by atoms with E-state index in [-0.39, 0.29) is 11.9 Å². The number of benzene rings is 2. The van der Waals surface area contributed by atoms with Crippen LogP contribution in [0.25, 0.3) is 10.9 Å². The molecule has 160 valence electrons. The monoisotopic (exact) mass is 419 g/mol. The first-order chi connectivity index (χ1) is 15.1. The SMILES string of the molecule is CCCN1C(=O)[C@@H]2Cc3c([nH]c4ccccc34)[C@@H](c3ccc(OC)c(OC)c3)N2C1=O. The second kappa shape index (κ2) is 7.34. The molecule has 2 aliphatic heterocycles. The van der Waals surface area contributed by atoms with Gasteiger partial charge in [-0.3, -0.25) is 14.6 Å². The van der Waals surface area contributed by atoms with E-state index < -0.39 is 12.1 Å². The Morgan fingerprint density at radius 1 is 1.06 bits per heavy atom. The topological polar surface area (TPSA) is 74.9 Å². The first kappa shape index (κ1) is 19.5. The number of hydrogen-bond acceptors (Lipinski definition) is 4. The Bertz CT molecular complexity index is 1180. The molecule has 0 unspecified atom stereocenters. The number of amides is 3. The summed E-state index contributed by atoms with van der Waals surface area (Å²) >= 11 is 0. The van der Waals surface area contributed by atoms with Gasteiger partial charge in [-0.25, -0.2) is 4.79 Å². The highest BCUT2D eigenvalue weighted by molar-refractivity contribution is 6.05. The molecule has 2 aliphatic rings. The second-order valence-electron chi connectivity index (χ2n) is 7.98. The number of carbonyl (C=O) groups excluding carboxylic acids is 2. The maximum atomic E-state index is 13.4. The van der Waals surface area contributed by atoms with Crippen LogP contribution >= 0.6 is 0 Å². The molecule has 0 aliphatic carbocycles. The predicted molar refractivity (Wildman–Crippen MR) is 116 cm³/mol. The highest BCUT2D eigenvalue weighted by Crippen LogP contribution is 2.45. The first-order valence-electron chi connectivity index (χ1n) is 10.5. The largest absolute Gasteiger partial charge is 0.493 e. The van der Waals surface area contributed by atoms with Crippen molar-refractivity contribution in [3.05, 3.63) is 59.3 Å². The maximum absolute atomic E-state index is 13.4. The molecule has 2 aromatic carbocycles. The van der Waals surface area contributed by atoms with Gasteiger partial charge in [-0.05, 0) is 35.7 Å². The smallest absolute Gasteiger partial charge is 0.328 e. The van der Waals surface area contributed by atoms with E-state index in [4.69, 9.17) is 9.47 Å². The molecular formula is C24H25N3O4. The van der Waals surface area contributed by atoms with E-state index in [0.29, 0.717) is 24.5 Å². The van der Waals surface area contributed by atoms with Crippen LogP contribution in [0, 0.1) is 0 Å². The van der Waals surface area contributed by atoms with Gasteiger partial charge in [0.2, 0.25) is 0 Å². The zero-order valence-electron chi connectivity index (χ0n) is 17.8. The van der Waals surface area contributed by atoms with Crippen molar-refractivity contribution in [1.82, 2.24) is 14.8 Å². The average Bonchev–Trinajstić information content (AvgIpc) is 3.28. The van der Waals surface area contributed by atoms with Crippen LogP contribution in [0.15, 0.2) is 42.5 Å². The molecule has 5 rings (SSSR count). The summed E-state index contributed by atoms with van der Waals surface area (Å²) in [5, 5.41) is 1.09. The number of aromatic nitrogens is 1. The van der Waals surface area contributed by atoms with Crippen molar-refractivity contribution in [1.29, 1.82) is 0 Å². The Hall–Kier alpha value is -3.48. The molecule has 2 atom stereocenters. The number of carbonyl (C=O) groups is 2. The van der Waals surface area contributed by atoms with Crippen LogP contribution in [0.5, 0.6) is 11.5 Å². The van der Waals surface area contributed by atoms with Crippen LogP contribution < -0.4 is 9.47 Å². The number of rotatable bonds is 5. The molecule has 7 heteroatoms. The molecule has 3 aromatic rings. The maximum Gasteiger partial charge on any atom is 0.328 e. The van der Waals surface area contributed by atoms with Crippen molar-refractivity contribution in [2.75, 3.05) is 20.8 Å². The van der Waals surface area contributed by atoms with Gasteiger partial charge < -0.3 is 14.5 Å². The second-order valence-corrected chi connectivity index (χ2v) is 7.98. The van der Waals surface area contributed by atoms with Crippen molar-refractivity contribution in [3.8, 4) is 11.5 Å². The fourth-order valence-corrected chi connectivity index (χ4v) is 4.93. The molecular weight excluding hydrogens is 394 g/mol. The lowest BCUT2D eigenvalue weighted by Gasteiger charge is -2.36. The number of para-hydroxylation sites is 1. The summed E-state index contributed by atoms with van der Waals surface area (Å²) in [7, 11) is 3.18. The lowest BCUT2D eigenvalue weighted by Crippen LogP contribution is -2.44. The number of aromatic amines is 1. The minimum absolute atomic E-state index is 0.117. The number of nitrogens with zero attached hydrogens (tertiary/aromatic N) is 2. The molecule has 7 nitrogen and oxygen atoms in total. The molecule has 3 heterocycles.